The molecule has 0 radical (unpaired) electrons. The molecule has 168 valence electrons. The zero-order valence-corrected chi connectivity index (χ0v) is 16.9. The second-order valence-electron chi connectivity index (χ2n) is 7.27. The van der Waals surface area contributed by atoms with Crippen molar-refractivity contribution in [2.45, 2.75) is 18.9 Å². The lowest BCUT2D eigenvalue weighted by atomic mass is 10.1. The molecular formula is C20H21FN6O5. The van der Waals surface area contributed by atoms with E-state index in [0.29, 0.717) is 30.5 Å². The largest absolute Gasteiger partial charge is 0.479 e. The molecule has 0 saturated carbocycles. The van der Waals surface area contributed by atoms with Gasteiger partial charge in [-0.2, -0.15) is 14.5 Å². The minimum Gasteiger partial charge on any atom is -0.479 e. The first-order chi connectivity index (χ1) is 15.5. The molecule has 3 N–H and O–H groups in total. The topological polar surface area (TPSA) is 142 Å². The van der Waals surface area contributed by atoms with Crippen LogP contribution in [0.1, 0.15) is 12.8 Å². The van der Waals surface area contributed by atoms with Gasteiger partial charge in [-0.05, 0) is 25.0 Å². The molecule has 1 aliphatic rings. The number of carbonyl (C=O) groups excluding carboxylic acids is 1. The summed E-state index contributed by atoms with van der Waals surface area (Å²) in [7, 11) is 0. The minimum absolute atomic E-state index is 0.106. The average molecular weight is 444 g/mol. The van der Waals surface area contributed by atoms with Gasteiger partial charge in [0.15, 0.2) is 18.2 Å². The predicted molar refractivity (Wildman–Crippen MR) is 110 cm³/mol. The highest BCUT2D eigenvalue weighted by Gasteiger charge is 2.26. The first-order valence-corrected chi connectivity index (χ1v) is 9.96. The molecule has 1 saturated heterocycles. The number of aliphatic hydroxyl groups is 1. The Kier molecular flexibility index (Phi) is 6.12. The monoisotopic (exact) mass is 444 g/mol. The summed E-state index contributed by atoms with van der Waals surface area (Å²) >= 11 is 0. The van der Waals surface area contributed by atoms with Gasteiger partial charge in [-0.25, -0.2) is 14.3 Å². The number of pyridine rings is 1. The van der Waals surface area contributed by atoms with Crippen molar-refractivity contribution in [3.8, 4) is 17.3 Å². The van der Waals surface area contributed by atoms with Crippen molar-refractivity contribution in [3.63, 3.8) is 0 Å². The zero-order valence-electron chi connectivity index (χ0n) is 16.9. The molecule has 0 aliphatic carbocycles. The number of hydrogen-bond acceptors (Lipinski definition) is 8. The fourth-order valence-electron chi connectivity index (χ4n) is 3.59. The second kappa shape index (κ2) is 9.14. The van der Waals surface area contributed by atoms with Crippen LogP contribution in [0.5, 0.6) is 5.88 Å². The number of nitrogens with one attached hydrogen (secondary N) is 1. The van der Waals surface area contributed by atoms with Crippen LogP contribution in [0.15, 0.2) is 30.6 Å². The van der Waals surface area contributed by atoms with Gasteiger partial charge in [0.05, 0.1) is 17.3 Å². The molecule has 4 rings (SSSR count). The summed E-state index contributed by atoms with van der Waals surface area (Å²) in [5.74, 6) is -3.19. The van der Waals surface area contributed by atoms with Gasteiger partial charge in [0.2, 0.25) is 11.7 Å². The van der Waals surface area contributed by atoms with E-state index >= 15 is 4.39 Å². The molecule has 1 amide bonds. The molecule has 0 bridgehead atoms. The first kappa shape index (κ1) is 21.4. The Morgan fingerprint density at radius 1 is 1.31 bits per heavy atom. The quantitative estimate of drug-likeness (QED) is 0.482. The van der Waals surface area contributed by atoms with Gasteiger partial charge in [-0.1, -0.05) is 6.07 Å². The maximum Gasteiger partial charge on any atom is 0.341 e. The van der Waals surface area contributed by atoms with Crippen LogP contribution < -0.4 is 10.1 Å². The van der Waals surface area contributed by atoms with E-state index in [1.54, 1.807) is 28.9 Å². The molecule has 12 heteroatoms. The standard InChI is InChI=1S/C20H21FN6O5/c21-17-19(23-12-4-3-6-26(9-12)15(29)10-28)24-18(25-20(17)32-11-16(30)31)13-8-22-27-7-2-1-5-14(13)27/h1-2,5,7-8,12,28H,3-4,6,9-11H2,(H,30,31)(H,23,24,25)/t12-/m1/s1. The molecule has 0 aromatic carbocycles. The summed E-state index contributed by atoms with van der Waals surface area (Å²) < 4.78 is 21.8. The number of carboxylic acids is 1. The van der Waals surface area contributed by atoms with E-state index in [-0.39, 0.29) is 24.2 Å². The van der Waals surface area contributed by atoms with E-state index in [0.717, 1.165) is 0 Å². The normalized spacial score (nSPS) is 16.2. The van der Waals surface area contributed by atoms with Crippen molar-refractivity contribution in [1.29, 1.82) is 0 Å². The Balaban J connectivity index is 1.69. The lowest BCUT2D eigenvalue weighted by Crippen LogP contribution is -2.46. The first-order valence-electron chi connectivity index (χ1n) is 9.96. The van der Waals surface area contributed by atoms with Crippen LogP contribution in [-0.2, 0) is 9.59 Å². The molecule has 3 aromatic heterocycles. The molecule has 0 unspecified atom stereocenters. The predicted octanol–water partition coefficient (Wildman–Crippen LogP) is 0.789. The van der Waals surface area contributed by atoms with Crippen LogP contribution in [0, 0.1) is 5.82 Å². The summed E-state index contributed by atoms with van der Waals surface area (Å²) in [4.78, 5) is 32.6. The number of ether oxygens (including phenoxy) is 1. The number of likely N-dealkylation sites (tertiary alicyclic amines) is 1. The Morgan fingerprint density at radius 3 is 2.94 bits per heavy atom. The number of aromatic nitrogens is 4. The van der Waals surface area contributed by atoms with Crippen LogP contribution in [-0.4, -0.2) is 78.9 Å². The Labute approximate surface area is 181 Å². The van der Waals surface area contributed by atoms with Crippen LogP contribution in [0.4, 0.5) is 10.2 Å². The summed E-state index contributed by atoms with van der Waals surface area (Å²) in [5, 5.41) is 25.2. The summed E-state index contributed by atoms with van der Waals surface area (Å²) in [5.41, 5.74) is 1.18. The number of hydrogen-bond donors (Lipinski definition) is 3. The molecule has 1 aliphatic heterocycles. The number of nitrogens with zero attached hydrogens (tertiary/aromatic N) is 5. The van der Waals surface area contributed by atoms with E-state index in [1.807, 2.05) is 0 Å². The Bertz CT molecular complexity index is 1150. The molecule has 3 aromatic rings. The van der Waals surface area contributed by atoms with Crippen LogP contribution in [0.25, 0.3) is 16.9 Å². The second-order valence-corrected chi connectivity index (χ2v) is 7.27. The van der Waals surface area contributed by atoms with Crippen molar-refractivity contribution in [1.82, 2.24) is 24.5 Å². The van der Waals surface area contributed by atoms with E-state index < -0.39 is 36.8 Å². The molecule has 1 fully saturated rings. The van der Waals surface area contributed by atoms with Gasteiger partial charge in [-0.3, -0.25) is 4.79 Å². The lowest BCUT2D eigenvalue weighted by molar-refractivity contribution is -0.139. The highest BCUT2D eigenvalue weighted by Crippen LogP contribution is 2.29. The third kappa shape index (κ3) is 4.44. The van der Waals surface area contributed by atoms with Gasteiger partial charge < -0.3 is 25.2 Å². The molecule has 32 heavy (non-hydrogen) atoms. The Hall–Kier alpha value is -3.80. The smallest absolute Gasteiger partial charge is 0.341 e. The van der Waals surface area contributed by atoms with Crippen LogP contribution in [0.2, 0.25) is 0 Å². The molecule has 1 atom stereocenters. The average Bonchev–Trinajstić information content (AvgIpc) is 3.23. The van der Waals surface area contributed by atoms with Crippen molar-refractivity contribution in [3.05, 3.63) is 36.4 Å². The summed E-state index contributed by atoms with van der Waals surface area (Å²) in [6.07, 6.45) is 4.57. The van der Waals surface area contributed by atoms with Crippen molar-refractivity contribution in [2.24, 2.45) is 0 Å². The maximum atomic E-state index is 15.1. The number of carboxylic acid groups (broad SMARTS) is 1. The number of carbonyl (C=O) groups is 2. The van der Waals surface area contributed by atoms with E-state index in [9.17, 15) is 9.59 Å². The maximum absolute atomic E-state index is 15.1. The number of fused-ring (bicyclic) bond motifs is 1. The van der Waals surface area contributed by atoms with Gasteiger partial charge in [0.25, 0.3) is 5.88 Å². The number of halogens is 1. The van der Waals surface area contributed by atoms with Crippen molar-refractivity contribution in [2.75, 3.05) is 31.6 Å². The SMILES string of the molecule is O=C(O)COc1nc(-c2cnn3ccccc23)nc(N[C@@H]2CCCN(C(=O)CO)C2)c1F. The van der Waals surface area contributed by atoms with Gasteiger partial charge in [0.1, 0.15) is 6.61 Å². The highest BCUT2D eigenvalue weighted by molar-refractivity contribution is 5.78. The fraction of sp³-hybridized carbons (Fsp3) is 0.350. The Morgan fingerprint density at radius 2 is 2.16 bits per heavy atom. The van der Waals surface area contributed by atoms with Crippen molar-refractivity contribution >= 4 is 23.2 Å². The van der Waals surface area contributed by atoms with Crippen LogP contribution >= 0.6 is 0 Å². The molecular weight excluding hydrogens is 423 g/mol. The molecule has 0 spiro atoms. The third-order valence-corrected chi connectivity index (χ3v) is 5.07. The fourth-order valence-corrected chi connectivity index (χ4v) is 3.59. The summed E-state index contributed by atoms with van der Waals surface area (Å²) in [6.45, 7) is -0.602. The number of aliphatic carboxylic acids is 1. The van der Waals surface area contributed by atoms with E-state index in [2.05, 4.69) is 20.4 Å². The van der Waals surface area contributed by atoms with Gasteiger partial charge >= 0.3 is 5.97 Å². The highest BCUT2D eigenvalue weighted by atomic mass is 19.1. The molecule has 4 heterocycles. The zero-order chi connectivity index (χ0) is 22.7. The third-order valence-electron chi connectivity index (χ3n) is 5.07. The number of rotatable bonds is 7. The lowest BCUT2D eigenvalue weighted by Gasteiger charge is -2.33. The minimum atomic E-state index is -1.28. The summed E-state index contributed by atoms with van der Waals surface area (Å²) in [6, 6.07) is 5.07. The number of aliphatic hydroxyl groups excluding tert-OH is 1. The van der Waals surface area contributed by atoms with E-state index in [1.165, 1.54) is 11.1 Å². The number of anilines is 1. The van der Waals surface area contributed by atoms with Crippen LogP contribution in [0.3, 0.4) is 0 Å². The van der Waals surface area contributed by atoms with E-state index in [4.69, 9.17) is 14.9 Å². The number of piperidine rings is 1. The molecule has 11 nitrogen and oxygen atoms in total. The van der Waals surface area contributed by atoms with Gasteiger partial charge in [0, 0.05) is 25.3 Å². The number of amides is 1. The van der Waals surface area contributed by atoms with Gasteiger partial charge in [-0.15, -0.1) is 0 Å². The van der Waals surface area contributed by atoms with Crippen molar-refractivity contribution < 1.29 is 28.9 Å².